The molecule has 5 heteroatoms. The van der Waals surface area contributed by atoms with Crippen molar-refractivity contribution in [1.82, 2.24) is 4.98 Å². The number of rotatable bonds is 5. The molecule has 0 saturated carbocycles. The highest BCUT2D eigenvalue weighted by Gasteiger charge is 2.19. The summed E-state index contributed by atoms with van der Waals surface area (Å²) in [6.45, 7) is 8.30. The van der Waals surface area contributed by atoms with Gasteiger partial charge in [-0.1, -0.05) is 81.1 Å². The van der Waals surface area contributed by atoms with Gasteiger partial charge in [-0.15, -0.1) is 0 Å². The Balaban J connectivity index is 2.27. The molecule has 0 spiro atoms. The third kappa shape index (κ3) is 4.85. The average Bonchev–Trinajstić information content (AvgIpc) is 2.80. The van der Waals surface area contributed by atoms with Crippen molar-refractivity contribution in [2.75, 3.05) is 11.1 Å². The first-order valence-electron chi connectivity index (χ1n) is 7.38. The second-order valence-electron chi connectivity index (χ2n) is 6.24. The van der Waals surface area contributed by atoms with Crippen LogP contribution in [0, 0.1) is 5.41 Å². The number of nitrogens with one attached hydrogen (secondary N) is 1. The van der Waals surface area contributed by atoms with Crippen molar-refractivity contribution < 1.29 is 4.79 Å². The van der Waals surface area contributed by atoms with Gasteiger partial charge < -0.3 is 5.32 Å². The summed E-state index contributed by atoms with van der Waals surface area (Å²) in [5.41, 5.74) is 1.87. The zero-order valence-corrected chi connectivity index (χ0v) is 15.1. The zero-order chi connectivity index (χ0) is 16.2. The van der Waals surface area contributed by atoms with Crippen molar-refractivity contribution >= 4 is 34.0 Å². The molecule has 0 aliphatic carbocycles. The van der Waals surface area contributed by atoms with Crippen molar-refractivity contribution in [2.24, 2.45) is 5.41 Å². The summed E-state index contributed by atoms with van der Waals surface area (Å²) in [5.74, 6) is 1.01. The van der Waals surface area contributed by atoms with Crippen molar-refractivity contribution in [1.29, 1.82) is 0 Å². The van der Waals surface area contributed by atoms with Gasteiger partial charge in [0.2, 0.25) is 5.91 Å². The van der Waals surface area contributed by atoms with Crippen molar-refractivity contribution in [2.45, 2.75) is 38.5 Å². The summed E-state index contributed by atoms with van der Waals surface area (Å²) < 4.78 is 0.993. The highest BCUT2D eigenvalue weighted by Crippen LogP contribution is 2.37. The van der Waals surface area contributed by atoms with E-state index in [9.17, 15) is 4.79 Å². The molecule has 0 unspecified atom stereocenters. The van der Waals surface area contributed by atoms with Gasteiger partial charge in [-0.05, 0) is 11.2 Å². The number of nitrogens with zero attached hydrogens (tertiary/aromatic N) is 1. The SMILES string of the molecule is CCSc1nc(-c2ccccc2)c(NC(=O)CC(C)(C)C)s1. The molecule has 3 nitrogen and oxygen atoms in total. The van der Waals surface area contributed by atoms with Crippen LogP contribution in [0.5, 0.6) is 0 Å². The zero-order valence-electron chi connectivity index (χ0n) is 13.5. The lowest BCUT2D eigenvalue weighted by Gasteiger charge is -2.17. The Kier molecular flexibility index (Phi) is 5.64. The number of amides is 1. The number of hydrogen-bond acceptors (Lipinski definition) is 4. The van der Waals surface area contributed by atoms with Crippen LogP contribution < -0.4 is 5.32 Å². The van der Waals surface area contributed by atoms with Gasteiger partial charge in [0.15, 0.2) is 4.34 Å². The fourth-order valence-electron chi connectivity index (χ4n) is 2.01. The van der Waals surface area contributed by atoms with E-state index in [4.69, 9.17) is 0 Å². The maximum atomic E-state index is 12.2. The highest BCUT2D eigenvalue weighted by atomic mass is 32.2. The molecule has 2 aromatic rings. The minimum absolute atomic E-state index is 0.0251. The van der Waals surface area contributed by atoms with E-state index in [1.54, 1.807) is 23.1 Å². The van der Waals surface area contributed by atoms with E-state index in [2.05, 4.69) is 38.0 Å². The molecule has 1 aromatic heterocycles. The van der Waals surface area contributed by atoms with Gasteiger partial charge in [0.1, 0.15) is 10.7 Å². The summed E-state index contributed by atoms with van der Waals surface area (Å²) in [6.07, 6.45) is 0.495. The maximum Gasteiger partial charge on any atom is 0.225 e. The van der Waals surface area contributed by atoms with E-state index in [1.807, 2.05) is 30.3 Å². The summed E-state index contributed by atoms with van der Waals surface area (Å²) in [4.78, 5) is 16.9. The Hall–Kier alpha value is -1.33. The van der Waals surface area contributed by atoms with Crippen molar-refractivity contribution in [3.63, 3.8) is 0 Å². The third-order valence-corrected chi connectivity index (χ3v) is 4.86. The van der Waals surface area contributed by atoms with Gasteiger partial charge in [0.05, 0.1) is 0 Å². The lowest BCUT2D eigenvalue weighted by atomic mass is 9.92. The standard InChI is InChI=1S/C17H22N2OS2/c1-5-21-16-19-14(12-9-7-6-8-10-12)15(22-16)18-13(20)11-17(2,3)4/h6-10H,5,11H2,1-4H3,(H,18,20). The molecule has 0 saturated heterocycles. The molecule has 0 fully saturated rings. The first-order valence-corrected chi connectivity index (χ1v) is 9.18. The van der Waals surface area contributed by atoms with Crippen LogP contribution in [0.15, 0.2) is 34.7 Å². The number of benzene rings is 1. The monoisotopic (exact) mass is 334 g/mol. The minimum atomic E-state index is -0.0251. The van der Waals surface area contributed by atoms with Crippen LogP contribution in [0.25, 0.3) is 11.3 Å². The van der Waals surface area contributed by atoms with Gasteiger partial charge in [-0.2, -0.15) is 0 Å². The van der Waals surface area contributed by atoms with Crippen LogP contribution in [0.1, 0.15) is 34.1 Å². The molecule has 1 heterocycles. The molecule has 2 rings (SSSR count). The molecule has 0 bridgehead atoms. The van der Waals surface area contributed by atoms with Crippen LogP contribution in [0.4, 0.5) is 5.00 Å². The molecule has 1 N–H and O–H groups in total. The van der Waals surface area contributed by atoms with E-state index < -0.39 is 0 Å². The topological polar surface area (TPSA) is 42.0 Å². The number of carbonyl (C=O) groups excluding carboxylic acids is 1. The largest absolute Gasteiger partial charge is 0.316 e. The predicted octanol–water partition coefficient (Wildman–Crippen LogP) is 5.30. The normalized spacial score (nSPS) is 11.5. The number of aromatic nitrogens is 1. The predicted molar refractivity (Wildman–Crippen MR) is 96.6 cm³/mol. The first-order chi connectivity index (χ1) is 10.4. The molecular weight excluding hydrogens is 312 g/mol. The van der Waals surface area contributed by atoms with Crippen molar-refractivity contribution in [3.05, 3.63) is 30.3 Å². The summed E-state index contributed by atoms with van der Waals surface area (Å²) in [6, 6.07) is 10.0. The van der Waals surface area contributed by atoms with E-state index in [1.165, 1.54) is 0 Å². The fraction of sp³-hybridized carbons (Fsp3) is 0.412. The lowest BCUT2D eigenvalue weighted by Crippen LogP contribution is -2.19. The lowest BCUT2D eigenvalue weighted by molar-refractivity contribution is -0.117. The minimum Gasteiger partial charge on any atom is -0.316 e. The number of anilines is 1. The van der Waals surface area contributed by atoms with E-state index >= 15 is 0 Å². The average molecular weight is 335 g/mol. The van der Waals surface area contributed by atoms with E-state index in [0.29, 0.717) is 6.42 Å². The molecule has 0 aliphatic heterocycles. The van der Waals surface area contributed by atoms with Gasteiger partial charge in [0, 0.05) is 12.0 Å². The van der Waals surface area contributed by atoms with Crippen LogP contribution >= 0.6 is 23.1 Å². The molecule has 22 heavy (non-hydrogen) atoms. The number of hydrogen-bond donors (Lipinski definition) is 1. The quantitative estimate of drug-likeness (QED) is 0.755. The van der Waals surface area contributed by atoms with Gasteiger partial charge in [-0.25, -0.2) is 4.98 Å². The number of carbonyl (C=O) groups is 1. The van der Waals surface area contributed by atoms with Crippen LogP contribution in [-0.2, 0) is 4.79 Å². The molecule has 1 aromatic carbocycles. The van der Waals surface area contributed by atoms with E-state index in [0.717, 1.165) is 26.4 Å². The summed E-state index contributed by atoms with van der Waals surface area (Å²) in [7, 11) is 0. The fourth-order valence-corrected chi connectivity index (χ4v) is 3.99. The second-order valence-corrected chi connectivity index (χ2v) is 8.75. The van der Waals surface area contributed by atoms with Gasteiger partial charge in [-0.3, -0.25) is 4.79 Å². The molecule has 118 valence electrons. The van der Waals surface area contributed by atoms with Crippen LogP contribution in [0.3, 0.4) is 0 Å². The molecular formula is C17H22N2OS2. The first kappa shape index (κ1) is 17.0. The second kappa shape index (κ2) is 7.29. The Morgan fingerprint density at radius 3 is 2.55 bits per heavy atom. The number of thiazole rings is 1. The number of thioether (sulfide) groups is 1. The molecule has 0 atom stereocenters. The summed E-state index contributed by atoms with van der Waals surface area (Å²) >= 11 is 3.25. The third-order valence-electron chi connectivity index (χ3n) is 2.87. The smallest absolute Gasteiger partial charge is 0.225 e. The molecule has 0 aliphatic rings. The molecule has 0 radical (unpaired) electrons. The van der Waals surface area contributed by atoms with Crippen LogP contribution in [0.2, 0.25) is 0 Å². The highest BCUT2D eigenvalue weighted by molar-refractivity contribution is 8.01. The Morgan fingerprint density at radius 1 is 1.27 bits per heavy atom. The van der Waals surface area contributed by atoms with Crippen LogP contribution in [-0.4, -0.2) is 16.6 Å². The van der Waals surface area contributed by atoms with Gasteiger partial charge >= 0.3 is 0 Å². The van der Waals surface area contributed by atoms with Gasteiger partial charge in [0.25, 0.3) is 0 Å². The Labute approximate surface area is 140 Å². The Morgan fingerprint density at radius 2 is 1.95 bits per heavy atom. The maximum absolute atomic E-state index is 12.2. The van der Waals surface area contributed by atoms with E-state index in [-0.39, 0.29) is 11.3 Å². The Bertz CT molecular complexity index is 630. The summed E-state index contributed by atoms with van der Waals surface area (Å²) in [5, 5.41) is 3.89. The van der Waals surface area contributed by atoms with Crippen molar-refractivity contribution in [3.8, 4) is 11.3 Å². The molecule has 1 amide bonds.